The van der Waals surface area contributed by atoms with E-state index in [1.807, 2.05) is 60.7 Å². The van der Waals surface area contributed by atoms with E-state index < -0.39 is 18.5 Å². The van der Waals surface area contributed by atoms with E-state index in [9.17, 15) is 9.59 Å². The number of nitrogens with zero attached hydrogens (tertiary/aromatic N) is 1. The van der Waals surface area contributed by atoms with E-state index in [1.54, 1.807) is 12.1 Å². The molecule has 3 aromatic carbocycles. The first-order valence-electron chi connectivity index (χ1n) is 11.0. The van der Waals surface area contributed by atoms with Crippen molar-refractivity contribution in [3.8, 4) is 11.5 Å². The summed E-state index contributed by atoms with van der Waals surface area (Å²) in [5, 5.41) is 3.24. The van der Waals surface area contributed by atoms with Crippen molar-refractivity contribution in [1.29, 1.82) is 0 Å². The lowest BCUT2D eigenvalue weighted by Crippen LogP contribution is -2.42. The monoisotopic (exact) mass is 490 g/mol. The van der Waals surface area contributed by atoms with Crippen molar-refractivity contribution in [2.45, 2.75) is 17.1 Å². The van der Waals surface area contributed by atoms with Crippen LogP contribution in [0.2, 0.25) is 0 Å². The summed E-state index contributed by atoms with van der Waals surface area (Å²) in [7, 11) is 0. The van der Waals surface area contributed by atoms with E-state index >= 15 is 0 Å². The Morgan fingerprint density at radius 3 is 2.66 bits per heavy atom. The average molecular weight is 491 g/mol. The maximum Gasteiger partial charge on any atom is 0.338 e. The van der Waals surface area contributed by atoms with Gasteiger partial charge >= 0.3 is 5.97 Å². The molecule has 178 valence electrons. The van der Waals surface area contributed by atoms with Crippen LogP contribution in [0.25, 0.3) is 11.1 Å². The van der Waals surface area contributed by atoms with Crippen molar-refractivity contribution < 1.29 is 28.2 Å². The minimum atomic E-state index is -0.569. The molecule has 2 heterocycles. The molecule has 4 aromatic rings. The molecule has 0 saturated carbocycles. The van der Waals surface area contributed by atoms with Crippen LogP contribution in [-0.4, -0.2) is 42.7 Å². The van der Waals surface area contributed by atoms with Gasteiger partial charge in [-0.05, 0) is 35.9 Å². The SMILES string of the molecule is O=C(COC(=O)c1ccccc1CSc1nc2ccccc2o1)NCC1COc2ccccc2O1. The van der Waals surface area contributed by atoms with E-state index in [1.165, 1.54) is 11.8 Å². The first-order chi connectivity index (χ1) is 17.2. The third kappa shape index (κ3) is 5.58. The highest BCUT2D eigenvalue weighted by atomic mass is 32.2. The Morgan fingerprint density at radius 1 is 1.00 bits per heavy atom. The summed E-state index contributed by atoms with van der Waals surface area (Å²) in [6, 6.07) is 22.0. The second-order valence-corrected chi connectivity index (χ2v) is 8.70. The number of thioether (sulfide) groups is 1. The second-order valence-electron chi connectivity index (χ2n) is 7.77. The summed E-state index contributed by atoms with van der Waals surface area (Å²) in [6.45, 7) is 0.167. The highest BCUT2D eigenvalue weighted by Crippen LogP contribution is 2.30. The predicted molar refractivity (Wildman–Crippen MR) is 130 cm³/mol. The number of para-hydroxylation sites is 4. The van der Waals surface area contributed by atoms with Crippen LogP contribution in [-0.2, 0) is 15.3 Å². The highest BCUT2D eigenvalue weighted by molar-refractivity contribution is 7.98. The van der Waals surface area contributed by atoms with Gasteiger partial charge in [-0.15, -0.1) is 0 Å². The van der Waals surface area contributed by atoms with Gasteiger partial charge in [0.15, 0.2) is 23.7 Å². The standard InChI is InChI=1S/C26H22N2O6S/c29-24(27-13-18-14-31-22-11-5-6-12-23(22)33-18)15-32-25(30)19-8-2-1-7-17(19)16-35-26-28-20-9-3-4-10-21(20)34-26/h1-12,18H,13-16H2,(H,27,29). The maximum atomic E-state index is 12.7. The Hall–Kier alpha value is -3.98. The number of ether oxygens (including phenoxy) is 3. The number of esters is 1. The average Bonchev–Trinajstić information content (AvgIpc) is 3.32. The molecule has 1 aromatic heterocycles. The molecule has 1 unspecified atom stereocenters. The summed E-state index contributed by atoms with van der Waals surface area (Å²) in [5.41, 5.74) is 2.65. The number of oxazole rings is 1. The molecule has 9 heteroatoms. The summed E-state index contributed by atoms with van der Waals surface area (Å²) in [5.74, 6) is 0.790. The molecule has 1 aliphatic rings. The number of hydrogen-bond donors (Lipinski definition) is 1. The summed E-state index contributed by atoms with van der Waals surface area (Å²) in [4.78, 5) is 29.3. The Labute approximate surface area is 205 Å². The largest absolute Gasteiger partial charge is 0.486 e. The van der Waals surface area contributed by atoms with Crippen molar-refractivity contribution in [2.75, 3.05) is 19.8 Å². The van der Waals surface area contributed by atoms with Crippen LogP contribution in [0.1, 0.15) is 15.9 Å². The van der Waals surface area contributed by atoms with Crippen molar-refractivity contribution in [3.63, 3.8) is 0 Å². The van der Waals surface area contributed by atoms with Gasteiger partial charge in [0, 0.05) is 5.75 Å². The van der Waals surface area contributed by atoms with E-state index in [0.717, 1.165) is 11.1 Å². The minimum absolute atomic E-state index is 0.239. The minimum Gasteiger partial charge on any atom is -0.486 e. The molecule has 8 nitrogen and oxygen atoms in total. The summed E-state index contributed by atoms with van der Waals surface area (Å²) >= 11 is 1.38. The van der Waals surface area contributed by atoms with E-state index in [2.05, 4.69) is 10.3 Å². The first kappa shape index (κ1) is 22.8. The number of amides is 1. The zero-order chi connectivity index (χ0) is 24.0. The van der Waals surface area contributed by atoms with Gasteiger partial charge < -0.3 is 23.9 Å². The van der Waals surface area contributed by atoms with Crippen LogP contribution in [0.15, 0.2) is 82.4 Å². The van der Waals surface area contributed by atoms with Crippen molar-refractivity contribution in [1.82, 2.24) is 10.3 Å². The Balaban J connectivity index is 1.11. The highest BCUT2D eigenvalue weighted by Gasteiger charge is 2.21. The molecule has 0 saturated heterocycles. The molecule has 0 fully saturated rings. The zero-order valence-corrected chi connectivity index (χ0v) is 19.5. The molecule has 0 bridgehead atoms. The Kier molecular flexibility index (Phi) is 6.85. The Bertz CT molecular complexity index is 1320. The van der Waals surface area contributed by atoms with Crippen LogP contribution in [0.4, 0.5) is 0 Å². The van der Waals surface area contributed by atoms with Gasteiger partial charge in [0.1, 0.15) is 18.2 Å². The maximum absolute atomic E-state index is 12.7. The van der Waals surface area contributed by atoms with Gasteiger partial charge in [-0.1, -0.05) is 54.2 Å². The van der Waals surface area contributed by atoms with Gasteiger partial charge in [-0.25, -0.2) is 9.78 Å². The van der Waals surface area contributed by atoms with Crippen LogP contribution in [0, 0.1) is 0 Å². The first-order valence-corrected chi connectivity index (χ1v) is 12.0. The molecule has 1 N–H and O–H groups in total. The number of fused-ring (bicyclic) bond motifs is 2. The fraction of sp³-hybridized carbons (Fsp3) is 0.192. The molecular formula is C26H22N2O6S. The van der Waals surface area contributed by atoms with Gasteiger partial charge in [-0.2, -0.15) is 0 Å². The number of benzene rings is 3. The lowest BCUT2D eigenvalue weighted by Gasteiger charge is -2.26. The van der Waals surface area contributed by atoms with Crippen LogP contribution < -0.4 is 14.8 Å². The van der Waals surface area contributed by atoms with Crippen LogP contribution in [0.3, 0.4) is 0 Å². The molecular weight excluding hydrogens is 468 g/mol. The summed E-state index contributed by atoms with van der Waals surface area (Å²) < 4.78 is 22.4. The molecule has 1 amide bonds. The lowest BCUT2D eigenvalue weighted by molar-refractivity contribution is -0.124. The number of rotatable bonds is 8. The molecule has 0 radical (unpaired) electrons. The Morgan fingerprint density at radius 2 is 1.77 bits per heavy atom. The predicted octanol–water partition coefficient (Wildman–Crippen LogP) is 4.23. The number of carbonyl (C=O) groups excluding carboxylic acids is 2. The summed E-state index contributed by atoms with van der Waals surface area (Å²) in [6.07, 6.45) is -0.325. The zero-order valence-electron chi connectivity index (χ0n) is 18.6. The van der Waals surface area contributed by atoms with E-state index in [4.69, 9.17) is 18.6 Å². The van der Waals surface area contributed by atoms with Gasteiger partial charge in [0.2, 0.25) is 0 Å². The third-order valence-electron chi connectivity index (χ3n) is 5.29. The third-order valence-corrected chi connectivity index (χ3v) is 6.17. The second kappa shape index (κ2) is 10.5. The van der Waals surface area contributed by atoms with Crippen molar-refractivity contribution in [2.24, 2.45) is 0 Å². The van der Waals surface area contributed by atoms with E-state index in [0.29, 0.717) is 40.2 Å². The lowest BCUT2D eigenvalue weighted by atomic mass is 10.1. The molecule has 0 spiro atoms. The van der Waals surface area contributed by atoms with Crippen molar-refractivity contribution >= 4 is 34.7 Å². The van der Waals surface area contributed by atoms with Gasteiger partial charge in [0.25, 0.3) is 11.1 Å². The topological polar surface area (TPSA) is 99.9 Å². The fourth-order valence-electron chi connectivity index (χ4n) is 3.55. The number of nitrogens with one attached hydrogen (secondary N) is 1. The fourth-order valence-corrected chi connectivity index (χ4v) is 4.39. The molecule has 1 atom stereocenters. The number of aromatic nitrogens is 1. The number of hydrogen-bond acceptors (Lipinski definition) is 8. The van der Waals surface area contributed by atoms with Crippen molar-refractivity contribution in [3.05, 3.63) is 83.9 Å². The number of carbonyl (C=O) groups is 2. The molecule has 0 aliphatic carbocycles. The normalized spacial score (nSPS) is 14.5. The van der Waals surface area contributed by atoms with Gasteiger partial charge in [-0.3, -0.25) is 4.79 Å². The molecule has 35 heavy (non-hydrogen) atoms. The van der Waals surface area contributed by atoms with Crippen LogP contribution >= 0.6 is 11.8 Å². The molecule has 5 rings (SSSR count). The quantitative estimate of drug-likeness (QED) is 0.289. The van der Waals surface area contributed by atoms with Gasteiger partial charge in [0.05, 0.1) is 12.1 Å². The smallest absolute Gasteiger partial charge is 0.338 e. The van der Waals surface area contributed by atoms with Crippen LogP contribution in [0.5, 0.6) is 11.5 Å². The molecule has 1 aliphatic heterocycles. The van der Waals surface area contributed by atoms with E-state index in [-0.39, 0.29) is 12.6 Å².